The van der Waals surface area contributed by atoms with Crippen molar-refractivity contribution < 1.29 is 0 Å². The first-order chi connectivity index (χ1) is 6.84. The Balaban J connectivity index is 1.50. The second kappa shape index (κ2) is 5.38. The van der Waals surface area contributed by atoms with Crippen LogP contribution in [-0.2, 0) is 0 Å². The van der Waals surface area contributed by atoms with Crippen molar-refractivity contribution in [3.05, 3.63) is 0 Å². The van der Waals surface area contributed by atoms with E-state index >= 15 is 0 Å². The van der Waals surface area contributed by atoms with E-state index in [1.54, 1.807) is 0 Å². The third-order valence-electron chi connectivity index (χ3n) is 3.10. The molecule has 82 valence electrons. The summed E-state index contributed by atoms with van der Waals surface area (Å²) in [7, 11) is 2.26. The van der Waals surface area contributed by atoms with Gasteiger partial charge < -0.3 is 10.2 Å². The molecule has 0 aromatic carbocycles. The molecule has 1 saturated carbocycles. The molecule has 0 radical (unpaired) electrons. The highest BCUT2D eigenvalue weighted by Crippen LogP contribution is 2.23. The van der Waals surface area contributed by atoms with Crippen LogP contribution in [-0.4, -0.2) is 49.1 Å². The molecule has 1 N–H and O–H groups in total. The lowest BCUT2D eigenvalue weighted by Gasteiger charge is -2.20. The fraction of sp³-hybridized carbons (Fsp3) is 1.00. The van der Waals surface area contributed by atoms with Gasteiger partial charge in [0.15, 0.2) is 0 Å². The Kier molecular flexibility index (Phi) is 4.14. The van der Waals surface area contributed by atoms with E-state index in [0.29, 0.717) is 0 Å². The molecule has 2 nitrogen and oxygen atoms in total. The topological polar surface area (TPSA) is 15.3 Å². The van der Waals surface area contributed by atoms with Crippen LogP contribution < -0.4 is 5.32 Å². The molecule has 0 bridgehead atoms. The maximum absolute atomic E-state index is 3.57. The largest absolute Gasteiger partial charge is 0.313 e. The summed E-state index contributed by atoms with van der Waals surface area (Å²) in [5.74, 6) is 3.74. The monoisotopic (exact) mass is 214 g/mol. The van der Waals surface area contributed by atoms with Gasteiger partial charge in [0.1, 0.15) is 0 Å². The third kappa shape index (κ3) is 3.79. The summed E-state index contributed by atoms with van der Waals surface area (Å²) in [5.41, 5.74) is 0. The average Bonchev–Trinajstić information content (AvgIpc) is 2.83. The van der Waals surface area contributed by atoms with Gasteiger partial charge in [0.2, 0.25) is 0 Å². The average molecular weight is 214 g/mol. The standard InChI is InChI=1S/C11H22N2S/c1-13(6-5-12-11-2-3-11)8-10-4-7-14-9-10/h10-12H,2-9H2,1H3. The summed E-state index contributed by atoms with van der Waals surface area (Å²) in [6.07, 6.45) is 4.25. The highest BCUT2D eigenvalue weighted by Gasteiger charge is 2.20. The maximum Gasteiger partial charge on any atom is 0.0104 e. The van der Waals surface area contributed by atoms with E-state index in [1.165, 1.54) is 50.4 Å². The van der Waals surface area contributed by atoms with E-state index in [1.807, 2.05) is 0 Å². The number of nitrogens with zero attached hydrogens (tertiary/aromatic N) is 1. The summed E-state index contributed by atoms with van der Waals surface area (Å²) < 4.78 is 0. The van der Waals surface area contributed by atoms with Crippen LogP contribution >= 0.6 is 11.8 Å². The minimum Gasteiger partial charge on any atom is -0.313 e. The van der Waals surface area contributed by atoms with Crippen molar-refractivity contribution in [3.63, 3.8) is 0 Å². The van der Waals surface area contributed by atoms with E-state index in [0.717, 1.165) is 12.0 Å². The lowest BCUT2D eigenvalue weighted by Crippen LogP contribution is -2.33. The first kappa shape index (κ1) is 10.8. The second-order valence-corrected chi connectivity index (χ2v) is 5.87. The van der Waals surface area contributed by atoms with E-state index in [2.05, 4.69) is 29.0 Å². The molecule has 3 heteroatoms. The Morgan fingerprint density at radius 1 is 1.36 bits per heavy atom. The second-order valence-electron chi connectivity index (χ2n) is 4.72. The van der Waals surface area contributed by atoms with E-state index < -0.39 is 0 Å². The van der Waals surface area contributed by atoms with Crippen LogP contribution in [0.5, 0.6) is 0 Å². The Labute approximate surface area is 91.8 Å². The van der Waals surface area contributed by atoms with Gasteiger partial charge in [0.25, 0.3) is 0 Å². The van der Waals surface area contributed by atoms with Crippen molar-refractivity contribution in [2.75, 3.05) is 38.2 Å². The van der Waals surface area contributed by atoms with E-state index in [-0.39, 0.29) is 0 Å². The molecule has 1 aliphatic heterocycles. The van der Waals surface area contributed by atoms with Crippen molar-refractivity contribution in [3.8, 4) is 0 Å². The van der Waals surface area contributed by atoms with Crippen molar-refractivity contribution in [1.82, 2.24) is 10.2 Å². The Hall–Kier alpha value is 0.270. The highest BCUT2D eigenvalue weighted by atomic mass is 32.2. The van der Waals surface area contributed by atoms with Crippen molar-refractivity contribution in [2.45, 2.75) is 25.3 Å². The molecule has 0 aromatic rings. The van der Waals surface area contributed by atoms with Gasteiger partial charge in [0, 0.05) is 25.7 Å². The van der Waals surface area contributed by atoms with Gasteiger partial charge in [-0.15, -0.1) is 0 Å². The quantitative estimate of drug-likeness (QED) is 0.720. The minimum absolute atomic E-state index is 0.866. The van der Waals surface area contributed by atoms with Gasteiger partial charge in [-0.2, -0.15) is 11.8 Å². The molecular formula is C11H22N2S. The molecular weight excluding hydrogens is 192 g/mol. The fourth-order valence-corrected chi connectivity index (χ4v) is 3.28. The van der Waals surface area contributed by atoms with Crippen LogP contribution in [0.3, 0.4) is 0 Å². The van der Waals surface area contributed by atoms with Crippen LogP contribution in [0.15, 0.2) is 0 Å². The zero-order chi connectivity index (χ0) is 9.80. The number of likely N-dealkylation sites (N-methyl/N-ethyl adjacent to an activating group) is 1. The Morgan fingerprint density at radius 3 is 2.86 bits per heavy atom. The van der Waals surface area contributed by atoms with Crippen molar-refractivity contribution >= 4 is 11.8 Å². The van der Waals surface area contributed by atoms with Gasteiger partial charge in [-0.1, -0.05) is 0 Å². The predicted molar refractivity (Wildman–Crippen MR) is 64.0 cm³/mol. The number of thioether (sulfide) groups is 1. The van der Waals surface area contributed by atoms with Crippen LogP contribution in [0.4, 0.5) is 0 Å². The van der Waals surface area contributed by atoms with E-state index in [9.17, 15) is 0 Å². The number of hydrogen-bond donors (Lipinski definition) is 1. The molecule has 0 spiro atoms. The van der Waals surface area contributed by atoms with Crippen LogP contribution in [0, 0.1) is 5.92 Å². The normalized spacial score (nSPS) is 27.4. The predicted octanol–water partition coefficient (Wildman–Crippen LogP) is 1.42. The lowest BCUT2D eigenvalue weighted by molar-refractivity contribution is 0.288. The van der Waals surface area contributed by atoms with Gasteiger partial charge in [-0.3, -0.25) is 0 Å². The smallest absolute Gasteiger partial charge is 0.0104 e. The number of nitrogens with one attached hydrogen (secondary N) is 1. The van der Waals surface area contributed by atoms with Gasteiger partial charge >= 0.3 is 0 Å². The molecule has 0 amide bonds. The summed E-state index contributed by atoms with van der Waals surface area (Å²) in [6.45, 7) is 3.71. The summed E-state index contributed by atoms with van der Waals surface area (Å²) in [6, 6.07) is 0.866. The Morgan fingerprint density at radius 2 is 2.21 bits per heavy atom. The van der Waals surface area contributed by atoms with Gasteiger partial charge in [-0.25, -0.2) is 0 Å². The molecule has 1 unspecified atom stereocenters. The molecule has 1 atom stereocenters. The zero-order valence-corrected chi connectivity index (χ0v) is 9.98. The number of rotatable bonds is 6. The van der Waals surface area contributed by atoms with Gasteiger partial charge in [0.05, 0.1) is 0 Å². The van der Waals surface area contributed by atoms with Crippen molar-refractivity contribution in [2.24, 2.45) is 5.92 Å². The fourth-order valence-electron chi connectivity index (χ4n) is 2.01. The molecule has 2 aliphatic rings. The summed E-state index contributed by atoms with van der Waals surface area (Å²) >= 11 is 2.12. The van der Waals surface area contributed by atoms with E-state index in [4.69, 9.17) is 0 Å². The van der Waals surface area contributed by atoms with Crippen LogP contribution in [0.1, 0.15) is 19.3 Å². The lowest BCUT2D eigenvalue weighted by atomic mass is 10.1. The molecule has 1 heterocycles. The first-order valence-electron chi connectivity index (χ1n) is 5.84. The molecule has 14 heavy (non-hydrogen) atoms. The van der Waals surface area contributed by atoms with Gasteiger partial charge in [-0.05, 0) is 43.7 Å². The zero-order valence-electron chi connectivity index (χ0n) is 9.17. The molecule has 1 saturated heterocycles. The Bertz CT molecular complexity index is 165. The first-order valence-corrected chi connectivity index (χ1v) is 7.00. The summed E-state index contributed by atoms with van der Waals surface area (Å²) in [5, 5.41) is 3.57. The minimum atomic E-state index is 0.866. The highest BCUT2D eigenvalue weighted by molar-refractivity contribution is 7.99. The molecule has 1 aliphatic carbocycles. The molecule has 2 fully saturated rings. The molecule has 0 aromatic heterocycles. The number of hydrogen-bond acceptors (Lipinski definition) is 3. The maximum atomic E-state index is 3.57. The van der Waals surface area contributed by atoms with Crippen molar-refractivity contribution in [1.29, 1.82) is 0 Å². The molecule has 2 rings (SSSR count). The van der Waals surface area contributed by atoms with Crippen LogP contribution in [0.25, 0.3) is 0 Å². The summed E-state index contributed by atoms with van der Waals surface area (Å²) in [4.78, 5) is 2.49. The van der Waals surface area contributed by atoms with Crippen LogP contribution in [0.2, 0.25) is 0 Å². The SMILES string of the molecule is CN(CCNC1CC1)CC1CCSC1. The third-order valence-corrected chi connectivity index (χ3v) is 4.33.